The molecule has 0 saturated carbocycles. The zero-order valence-electron chi connectivity index (χ0n) is 9.24. The van der Waals surface area contributed by atoms with Crippen LogP contribution in [0.1, 0.15) is 20.8 Å². The number of hydrogen-bond acceptors (Lipinski definition) is 2. The van der Waals surface area contributed by atoms with Gasteiger partial charge in [-0.25, -0.2) is 8.78 Å². The van der Waals surface area contributed by atoms with Gasteiger partial charge in [-0.1, -0.05) is 13.8 Å². The Morgan fingerprint density at radius 3 is 2.60 bits per heavy atom. The zero-order valence-corrected chi connectivity index (χ0v) is 9.24. The Kier molecular flexibility index (Phi) is 4.05. The summed E-state index contributed by atoms with van der Waals surface area (Å²) in [7, 11) is 0. The summed E-state index contributed by atoms with van der Waals surface area (Å²) in [4.78, 5) is 0. The fourth-order valence-corrected chi connectivity index (χ4v) is 1.08. The summed E-state index contributed by atoms with van der Waals surface area (Å²) in [5.74, 6) is 1.13. The summed E-state index contributed by atoms with van der Waals surface area (Å²) in [5.41, 5.74) is 0. The lowest BCUT2D eigenvalue weighted by atomic mass is 10.1. The van der Waals surface area contributed by atoms with E-state index in [9.17, 15) is 8.78 Å². The molecular formula is C10H17F2N3. The Hall–Kier alpha value is -1.13. The molecule has 3 nitrogen and oxygen atoms in total. The van der Waals surface area contributed by atoms with E-state index in [2.05, 4.69) is 24.3 Å². The molecule has 0 aliphatic heterocycles. The Balaban J connectivity index is 2.53. The van der Waals surface area contributed by atoms with Crippen LogP contribution in [-0.4, -0.2) is 22.2 Å². The van der Waals surface area contributed by atoms with Gasteiger partial charge in [0.15, 0.2) is 0 Å². The third kappa shape index (κ3) is 3.85. The number of aromatic nitrogens is 2. The average Bonchev–Trinajstić information content (AvgIpc) is 2.51. The smallest absolute Gasteiger partial charge is 0.257 e. The Bertz CT molecular complexity index is 297. The maximum Gasteiger partial charge on any atom is 0.257 e. The second-order valence-corrected chi connectivity index (χ2v) is 3.99. The van der Waals surface area contributed by atoms with Crippen LogP contribution in [0.25, 0.3) is 0 Å². The first-order valence-corrected chi connectivity index (χ1v) is 5.07. The van der Waals surface area contributed by atoms with Crippen molar-refractivity contribution >= 4 is 5.82 Å². The van der Waals surface area contributed by atoms with Gasteiger partial charge in [-0.15, -0.1) is 0 Å². The number of nitrogens with one attached hydrogen (secondary N) is 1. The lowest BCUT2D eigenvalue weighted by molar-refractivity contribution is 0.122. The van der Waals surface area contributed by atoms with Crippen molar-refractivity contribution < 1.29 is 8.78 Å². The van der Waals surface area contributed by atoms with Crippen LogP contribution in [0.4, 0.5) is 14.6 Å². The highest BCUT2D eigenvalue weighted by Crippen LogP contribution is 2.10. The molecule has 15 heavy (non-hydrogen) atoms. The maximum atomic E-state index is 12.0. The molecule has 0 aliphatic rings. The van der Waals surface area contributed by atoms with E-state index in [1.807, 2.05) is 6.92 Å². The summed E-state index contributed by atoms with van der Waals surface area (Å²) in [6.07, 6.45) is -0.804. The van der Waals surface area contributed by atoms with Crippen LogP contribution in [0.2, 0.25) is 0 Å². The van der Waals surface area contributed by atoms with E-state index in [1.165, 1.54) is 4.68 Å². The lowest BCUT2D eigenvalue weighted by Crippen LogP contribution is -2.21. The normalized spacial score (nSPS) is 13.5. The monoisotopic (exact) mass is 217 g/mol. The largest absolute Gasteiger partial charge is 0.366 e. The van der Waals surface area contributed by atoms with Crippen molar-refractivity contribution in [1.82, 2.24) is 9.78 Å². The Morgan fingerprint density at radius 2 is 2.07 bits per heavy atom. The molecule has 0 fully saturated rings. The Labute approximate surface area is 88.5 Å². The standard InChI is InChI=1S/C10H17F2N3/c1-7(2)8(3)13-10-4-5-15(14-10)6-9(11)12/h4-5,7-9H,6H2,1-3H3,(H,13,14)/t8-/m0/s1. The van der Waals surface area contributed by atoms with Gasteiger partial charge in [0, 0.05) is 18.3 Å². The molecule has 1 aromatic rings. The van der Waals surface area contributed by atoms with Crippen LogP contribution >= 0.6 is 0 Å². The van der Waals surface area contributed by atoms with E-state index in [0.717, 1.165) is 0 Å². The molecule has 0 aliphatic carbocycles. The van der Waals surface area contributed by atoms with Crippen LogP contribution in [0.15, 0.2) is 12.3 Å². The predicted octanol–water partition coefficient (Wildman–Crippen LogP) is 2.60. The number of hydrogen-bond donors (Lipinski definition) is 1. The zero-order chi connectivity index (χ0) is 11.4. The fraction of sp³-hybridized carbons (Fsp3) is 0.700. The third-order valence-electron chi connectivity index (χ3n) is 2.34. The molecule has 1 N–H and O–H groups in total. The summed E-state index contributed by atoms with van der Waals surface area (Å²) in [6, 6.07) is 1.99. The molecule has 1 aromatic heterocycles. The van der Waals surface area contributed by atoms with Gasteiger partial charge >= 0.3 is 0 Å². The molecule has 0 amide bonds. The minimum atomic E-state index is -2.36. The van der Waals surface area contributed by atoms with Gasteiger partial charge in [-0.3, -0.25) is 4.68 Å². The molecule has 0 saturated heterocycles. The minimum Gasteiger partial charge on any atom is -0.366 e. The van der Waals surface area contributed by atoms with E-state index in [1.54, 1.807) is 12.3 Å². The molecule has 0 spiro atoms. The molecule has 86 valence electrons. The molecule has 1 rings (SSSR count). The second-order valence-electron chi connectivity index (χ2n) is 3.99. The van der Waals surface area contributed by atoms with E-state index in [0.29, 0.717) is 11.7 Å². The summed E-state index contributed by atoms with van der Waals surface area (Å²) in [5, 5.41) is 7.16. The SMILES string of the molecule is CC(C)[C@H](C)Nc1ccn(CC(F)F)n1. The van der Waals surface area contributed by atoms with E-state index >= 15 is 0 Å². The Morgan fingerprint density at radius 1 is 1.40 bits per heavy atom. The summed E-state index contributed by atoms with van der Waals surface area (Å²) in [6.45, 7) is 5.87. The molecule has 1 heterocycles. The van der Waals surface area contributed by atoms with Crippen LogP contribution < -0.4 is 5.32 Å². The van der Waals surface area contributed by atoms with Crippen LogP contribution in [0.3, 0.4) is 0 Å². The van der Waals surface area contributed by atoms with Gasteiger partial charge in [-0.2, -0.15) is 5.10 Å². The highest BCUT2D eigenvalue weighted by molar-refractivity contribution is 5.33. The van der Waals surface area contributed by atoms with Gasteiger partial charge in [-0.05, 0) is 12.8 Å². The first-order valence-electron chi connectivity index (χ1n) is 5.07. The number of alkyl halides is 2. The van der Waals surface area contributed by atoms with Crippen molar-refractivity contribution in [2.75, 3.05) is 5.32 Å². The molecular weight excluding hydrogens is 200 g/mol. The van der Waals surface area contributed by atoms with Crippen LogP contribution in [0, 0.1) is 5.92 Å². The predicted molar refractivity (Wildman–Crippen MR) is 56.2 cm³/mol. The van der Waals surface area contributed by atoms with Crippen molar-refractivity contribution in [3.05, 3.63) is 12.3 Å². The second kappa shape index (κ2) is 5.09. The molecule has 5 heteroatoms. The average molecular weight is 217 g/mol. The highest BCUT2D eigenvalue weighted by atomic mass is 19.3. The third-order valence-corrected chi connectivity index (χ3v) is 2.34. The van der Waals surface area contributed by atoms with Crippen LogP contribution in [-0.2, 0) is 6.54 Å². The molecule has 0 radical (unpaired) electrons. The quantitative estimate of drug-likeness (QED) is 0.821. The molecule has 1 atom stereocenters. The molecule has 0 aromatic carbocycles. The van der Waals surface area contributed by atoms with E-state index < -0.39 is 6.43 Å². The van der Waals surface area contributed by atoms with Gasteiger partial charge in [0.1, 0.15) is 12.4 Å². The maximum absolute atomic E-state index is 12.0. The highest BCUT2D eigenvalue weighted by Gasteiger charge is 2.09. The van der Waals surface area contributed by atoms with Crippen molar-refractivity contribution in [1.29, 1.82) is 0 Å². The lowest BCUT2D eigenvalue weighted by Gasteiger charge is -2.16. The number of nitrogens with zero attached hydrogens (tertiary/aromatic N) is 2. The number of halogens is 2. The molecule has 0 bridgehead atoms. The van der Waals surface area contributed by atoms with Gasteiger partial charge < -0.3 is 5.32 Å². The van der Waals surface area contributed by atoms with E-state index in [4.69, 9.17) is 0 Å². The van der Waals surface area contributed by atoms with Gasteiger partial charge in [0.2, 0.25) is 0 Å². The van der Waals surface area contributed by atoms with Gasteiger partial charge in [0.05, 0.1) is 0 Å². The first kappa shape index (κ1) is 11.9. The first-order chi connectivity index (χ1) is 6.99. The number of rotatable bonds is 5. The van der Waals surface area contributed by atoms with Crippen molar-refractivity contribution in [3.8, 4) is 0 Å². The molecule has 0 unspecified atom stereocenters. The van der Waals surface area contributed by atoms with Gasteiger partial charge in [0.25, 0.3) is 6.43 Å². The summed E-state index contributed by atoms with van der Waals surface area (Å²) < 4.78 is 25.3. The minimum absolute atomic E-state index is 0.278. The fourth-order valence-electron chi connectivity index (χ4n) is 1.08. The van der Waals surface area contributed by atoms with E-state index in [-0.39, 0.29) is 12.6 Å². The van der Waals surface area contributed by atoms with Crippen molar-refractivity contribution in [3.63, 3.8) is 0 Å². The topological polar surface area (TPSA) is 29.9 Å². The number of anilines is 1. The van der Waals surface area contributed by atoms with Crippen molar-refractivity contribution in [2.24, 2.45) is 5.92 Å². The van der Waals surface area contributed by atoms with Crippen LogP contribution in [0.5, 0.6) is 0 Å². The van der Waals surface area contributed by atoms with Crippen molar-refractivity contribution in [2.45, 2.75) is 39.8 Å². The summed E-state index contributed by atoms with van der Waals surface area (Å²) >= 11 is 0.